The fourth-order valence-corrected chi connectivity index (χ4v) is 2.21. The van der Waals surface area contributed by atoms with Gasteiger partial charge in [-0.05, 0) is 54.1 Å². The topological polar surface area (TPSA) is 81.2 Å². The van der Waals surface area contributed by atoms with Crippen LogP contribution in [0.4, 0.5) is 0 Å². The maximum absolute atomic E-state index is 11.2. The average Bonchev–Trinajstić information content (AvgIpc) is 2.56. The van der Waals surface area contributed by atoms with Crippen molar-refractivity contribution in [1.29, 1.82) is 0 Å². The van der Waals surface area contributed by atoms with Crippen molar-refractivity contribution < 1.29 is 19.0 Å². The van der Waals surface area contributed by atoms with Crippen LogP contribution in [0.2, 0.25) is 0 Å². The molecule has 0 unspecified atom stereocenters. The van der Waals surface area contributed by atoms with Crippen molar-refractivity contribution in [1.82, 2.24) is 10.7 Å². The second-order valence-electron chi connectivity index (χ2n) is 4.35. The summed E-state index contributed by atoms with van der Waals surface area (Å²) in [5, 5.41) is 7.42. The third kappa shape index (κ3) is 6.71. The standard InChI is InChI=1S/C15H20BrN3O4S/c1-4-17-15(24)19-18-8-10-6-12(22-5-2)13(7-11(10)16)23-9-14(20)21-3/h6-8H,4-5,9H2,1-3H3,(H2,17,19,24)/b18-8-. The molecule has 9 heteroatoms. The molecule has 1 rings (SSSR count). The first-order valence-electron chi connectivity index (χ1n) is 7.24. The molecule has 0 aliphatic rings. The zero-order valence-electron chi connectivity index (χ0n) is 13.7. The van der Waals surface area contributed by atoms with Gasteiger partial charge in [-0.25, -0.2) is 4.79 Å². The molecule has 0 spiro atoms. The van der Waals surface area contributed by atoms with Crippen LogP contribution in [0.3, 0.4) is 0 Å². The molecule has 0 heterocycles. The number of nitrogens with zero attached hydrogens (tertiary/aromatic N) is 1. The van der Waals surface area contributed by atoms with E-state index in [0.717, 1.165) is 10.0 Å². The maximum Gasteiger partial charge on any atom is 0.343 e. The van der Waals surface area contributed by atoms with Gasteiger partial charge in [0.25, 0.3) is 0 Å². The Labute approximate surface area is 154 Å². The van der Waals surface area contributed by atoms with Crippen LogP contribution in [0, 0.1) is 0 Å². The highest BCUT2D eigenvalue weighted by Gasteiger charge is 2.12. The van der Waals surface area contributed by atoms with Crippen molar-refractivity contribution in [2.75, 3.05) is 26.9 Å². The summed E-state index contributed by atoms with van der Waals surface area (Å²) in [5.41, 5.74) is 3.47. The molecule has 0 aliphatic heterocycles. The summed E-state index contributed by atoms with van der Waals surface area (Å²) in [6, 6.07) is 3.46. The third-order valence-electron chi connectivity index (χ3n) is 2.64. The zero-order valence-corrected chi connectivity index (χ0v) is 16.1. The molecule has 24 heavy (non-hydrogen) atoms. The van der Waals surface area contributed by atoms with Crippen molar-refractivity contribution in [2.45, 2.75) is 13.8 Å². The Kier molecular flexibility index (Phi) is 9.10. The van der Waals surface area contributed by atoms with Gasteiger partial charge in [-0.1, -0.05) is 0 Å². The van der Waals surface area contributed by atoms with Crippen molar-refractivity contribution in [3.63, 3.8) is 0 Å². The Morgan fingerprint density at radius 2 is 2.04 bits per heavy atom. The first-order valence-corrected chi connectivity index (χ1v) is 8.44. The quantitative estimate of drug-likeness (QED) is 0.290. The fourth-order valence-electron chi connectivity index (χ4n) is 1.59. The second kappa shape index (κ2) is 10.8. The van der Waals surface area contributed by atoms with Gasteiger partial charge in [0.1, 0.15) is 0 Å². The number of thiocarbonyl (C=S) groups is 1. The molecular formula is C15H20BrN3O4S. The summed E-state index contributed by atoms with van der Waals surface area (Å²) in [6.45, 7) is 4.77. The zero-order chi connectivity index (χ0) is 17.9. The summed E-state index contributed by atoms with van der Waals surface area (Å²) >= 11 is 8.46. The number of halogens is 1. The third-order valence-corrected chi connectivity index (χ3v) is 3.57. The van der Waals surface area contributed by atoms with Crippen molar-refractivity contribution in [2.24, 2.45) is 5.10 Å². The van der Waals surface area contributed by atoms with Crippen molar-refractivity contribution >= 4 is 45.4 Å². The summed E-state index contributed by atoms with van der Waals surface area (Å²) in [6.07, 6.45) is 1.60. The van der Waals surface area contributed by atoms with E-state index in [1.54, 1.807) is 18.3 Å². The molecule has 0 atom stereocenters. The molecule has 0 bridgehead atoms. The van der Waals surface area contributed by atoms with Crippen LogP contribution in [0.15, 0.2) is 21.7 Å². The molecule has 0 amide bonds. The molecule has 0 fully saturated rings. The van der Waals surface area contributed by atoms with Crippen LogP contribution in [-0.4, -0.2) is 44.2 Å². The number of methoxy groups -OCH3 is 1. The van der Waals surface area contributed by atoms with Gasteiger partial charge in [-0.15, -0.1) is 0 Å². The highest BCUT2D eigenvalue weighted by Crippen LogP contribution is 2.33. The van der Waals surface area contributed by atoms with Gasteiger partial charge >= 0.3 is 5.97 Å². The smallest absolute Gasteiger partial charge is 0.343 e. The monoisotopic (exact) mass is 417 g/mol. The maximum atomic E-state index is 11.2. The highest BCUT2D eigenvalue weighted by molar-refractivity contribution is 9.10. The van der Waals surface area contributed by atoms with Crippen LogP contribution in [0.25, 0.3) is 0 Å². The SMILES string of the molecule is CCNC(=S)N/N=C\c1cc(OCC)c(OCC(=O)OC)cc1Br. The van der Waals surface area contributed by atoms with E-state index < -0.39 is 5.97 Å². The summed E-state index contributed by atoms with van der Waals surface area (Å²) in [7, 11) is 1.30. The van der Waals surface area contributed by atoms with E-state index in [9.17, 15) is 4.79 Å². The van der Waals surface area contributed by atoms with Gasteiger partial charge in [0.05, 0.1) is 19.9 Å². The molecule has 132 valence electrons. The predicted molar refractivity (Wildman–Crippen MR) is 99.8 cm³/mol. The largest absolute Gasteiger partial charge is 0.490 e. The molecule has 0 saturated carbocycles. The molecular weight excluding hydrogens is 398 g/mol. The Hall–Kier alpha value is -1.87. The lowest BCUT2D eigenvalue weighted by Gasteiger charge is -2.13. The summed E-state index contributed by atoms with van der Waals surface area (Å²) in [4.78, 5) is 11.2. The van der Waals surface area contributed by atoms with Gasteiger partial charge in [0, 0.05) is 16.6 Å². The van der Waals surface area contributed by atoms with E-state index in [4.69, 9.17) is 21.7 Å². The van der Waals surface area contributed by atoms with E-state index >= 15 is 0 Å². The Morgan fingerprint density at radius 3 is 2.67 bits per heavy atom. The normalized spacial score (nSPS) is 10.3. The molecule has 0 aliphatic carbocycles. The van der Waals surface area contributed by atoms with E-state index in [0.29, 0.717) is 29.8 Å². The highest BCUT2D eigenvalue weighted by atomic mass is 79.9. The second-order valence-corrected chi connectivity index (χ2v) is 5.61. The molecule has 1 aromatic rings. The minimum absolute atomic E-state index is 0.199. The number of nitrogens with one attached hydrogen (secondary N) is 2. The number of carbonyl (C=O) groups excluding carboxylic acids is 1. The molecule has 0 aromatic heterocycles. The molecule has 1 aromatic carbocycles. The number of benzene rings is 1. The van der Waals surface area contributed by atoms with Gasteiger partial charge < -0.3 is 19.5 Å². The number of ether oxygens (including phenoxy) is 3. The Balaban J connectivity index is 2.90. The van der Waals surface area contributed by atoms with Crippen LogP contribution in [0.5, 0.6) is 11.5 Å². The molecule has 2 N–H and O–H groups in total. The molecule has 0 saturated heterocycles. The van der Waals surface area contributed by atoms with Crippen LogP contribution in [0.1, 0.15) is 19.4 Å². The number of hydrazone groups is 1. The lowest BCUT2D eigenvalue weighted by molar-refractivity contribution is -0.142. The van der Waals surface area contributed by atoms with Gasteiger partial charge in [0.15, 0.2) is 23.2 Å². The van der Waals surface area contributed by atoms with E-state index in [1.807, 2.05) is 13.8 Å². The number of hydrogen-bond donors (Lipinski definition) is 2. The van der Waals surface area contributed by atoms with Crippen LogP contribution in [-0.2, 0) is 9.53 Å². The Morgan fingerprint density at radius 1 is 1.33 bits per heavy atom. The predicted octanol–water partition coefficient (Wildman–Crippen LogP) is 2.22. The average molecular weight is 418 g/mol. The number of esters is 1. The minimum atomic E-state index is -0.472. The molecule has 7 nitrogen and oxygen atoms in total. The van der Waals surface area contributed by atoms with Crippen molar-refractivity contribution in [3.05, 3.63) is 22.2 Å². The first kappa shape index (κ1) is 20.2. The fraction of sp³-hybridized carbons (Fsp3) is 0.400. The van der Waals surface area contributed by atoms with Crippen molar-refractivity contribution in [3.8, 4) is 11.5 Å². The van der Waals surface area contributed by atoms with E-state index in [1.165, 1.54) is 7.11 Å². The first-order chi connectivity index (χ1) is 11.5. The molecule has 0 radical (unpaired) electrons. The number of hydrogen-bond acceptors (Lipinski definition) is 6. The van der Waals surface area contributed by atoms with Crippen LogP contribution >= 0.6 is 28.1 Å². The van der Waals surface area contributed by atoms with Crippen LogP contribution < -0.4 is 20.2 Å². The van der Waals surface area contributed by atoms with E-state index in [2.05, 4.69) is 36.5 Å². The minimum Gasteiger partial charge on any atom is -0.490 e. The number of carbonyl (C=O) groups is 1. The lowest BCUT2D eigenvalue weighted by Crippen LogP contribution is -2.31. The van der Waals surface area contributed by atoms with Gasteiger partial charge in [-0.3, -0.25) is 5.43 Å². The van der Waals surface area contributed by atoms with E-state index in [-0.39, 0.29) is 6.61 Å². The van der Waals surface area contributed by atoms with Gasteiger partial charge in [0.2, 0.25) is 0 Å². The van der Waals surface area contributed by atoms with Gasteiger partial charge in [-0.2, -0.15) is 5.10 Å². The number of rotatable bonds is 8. The summed E-state index contributed by atoms with van der Waals surface area (Å²) < 4.78 is 16.3. The lowest BCUT2D eigenvalue weighted by atomic mass is 10.2. The Bertz CT molecular complexity index is 611. The summed E-state index contributed by atoms with van der Waals surface area (Å²) in [5.74, 6) is 0.461.